The molecule has 1 fully saturated rings. The Balaban J connectivity index is 1.35. The summed E-state index contributed by atoms with van der Waals surface area (Å²) in [5, 5.41) is 39.9. The van der Waals surface area contributed by atoms with Crippen LogP contribution in [0, 0.1) is 18.3 Å². The van der Waals surface area contributed by atoms with Gasteiger partial charge in [-0.3, -0.25) is 14.7 Å². The van der Waals surface area contributed by atoms with E-state index >= 15 is 0 Å². The van der Waals surface area contributed by atoms with Crippen molar-refractivity contribution < 1.29 is 34.3 Å². The van der Waals surface area contributed by atoms with Crippen LogP contribution in [0.4, 0.5) is 0 Å². The molecule has 1 aromatic heterocycles. The summed E-state index contributed by atoms with van der Waals surface area (Å²) >= 11 is 13.7. The molecular weight excluding hydrogens is 731 g/mol. The third kappa shape index (κ3) is 9.82. The van der Waals surface area contributed by atoms with Gasteiger partial charge in [-0.1, -0.05) is 60.5 Å². The number of β-amino-alcohol motifs (C(OH)–C–C–N with tert-alkyl or cyclic N) is 1. The van der Waals surface area contributed by atoms with Crippen molar-refractivity contribution in [1.82, 2.24) is 14.8 Å². The second kappa shape index (κ2) is 18.8. The maximum atomic E-state index is 12.2. The summed E-state index contributed by atoms with van der Waals surface area (Å²) in [7, 11) is 0. The van der Waals surface area contributed by atoms with E-state index in [1.807, 2.05) is 50.2 Å². The summed E-state index contributed by atoms with van der Waals surface area (Å²) in [5.74, 6) is 0.198. The predicted octanol–water partition coefficient (Wildman–Crippen LogP) is 6.89. The van der Waals surface area contributed by atoms with Gasteiger partial charge in [0.25, 0.3) is 0 Å². The number of carboxylic acid groups (broad SMARTS) is 1. The van der Waals surface area contributed by atoms with Crippen LogP contribution in [-0.2, 0) is 24.6 Å². The standard InChI is InChI=1S/C41H46Cl2N4O7/c1-4-47(41(3,26-48)40(50)51)22-31-17-35(42)38(18-37(31)53-24-29-16-28(19-44)20-45-21-29)54-25-30-8-5-9-33(27(30)2)34-10-6-11-36(39(34)43)52-15-7-13-46-14-12-32(49)23-46/h5-6,8-11,16-18,20-21,32,48-49H,4,7,12-15,22-26H2,1-3H3,(H,50,51)/t32-,41-/m1/s1. The number of nitrogens with zero attached hydrogens (tertiary/aromatic N) is 4. The monoisotopic (exact) mass is 776 g/mol. The quantitative estimate of drug-likeness (QED) is 0.0908. The van der Waals surface area contributed by atoms with E-state index in [-0.39, 0.29) is 25.9 Å². The van der Waals surface area contributed by atoms with Crippen molar-refractivity contribution in [1.29, 1.82) is 5.26 Å². The summed E-state index contributed by atoms with van der Waals surface area (Å²) in [6.07, 6.45) is 4.46. The van der Waals surface area contributed by atoms with Crippen LogP contribution in [-0.4, -0.2) is 87.1 Å². The van der Waals surface area contributed by atoms with Gasteiger partial charge in [0, 0.05) is 61.3 Å². The smallest absolute Gasteiger partial charge is 0.326 e. The van der Waals surface area contributed by atoms with Gasteiger partial charge < -0.3 is 34.4 Å². The molecule has 4 aromatic rings. The number of ether oxygens (including phenoxy) is 3. The molecule has 5 rings (SSSR count). The zero-order chi connectivity index (χ0) is 38.8. The Morgan fingerprint density at radius 1 is 1.04 bits per heavy atom. The number of benzene rings is 3. The molecule has 2 atom stereocenters. The topological polar surface area (TPSA) is 149 Å². The third-order valence-electron chi connectivity index (χ3n) is 9.85. The van der Waals surface area contributed by atoms with E-state index < -0.39 is 18.1 Å². The zero-order valence-corrected chi connectivity index (χ0v) is 32.2. The van der Waals surface area contributed by atoms with Crippen LogP contribution in [0.15, 0.2) is 67.0 Å². The average Bonchev–Trinajstić information content (AvgIpc) is 3.59. The fourth-order valence-corrected chi connectivity index (χ4v) is 7.00. The van der Waals surface area contributed by atoms with E-state index in [0.29, 0.717) is 63.7 Å². The van der Waals surface area contributed by atoms with Crippen LogP contribution in [0.5, 0.6) is 17.2 Å². The molecule has 0 saturated carbocycles. The molecule has 0 unspecified atom stereocenters. The molecule has 3 N–H and O–H groups in total. The number of aromatic nitrogens is 1. The predicted molar refractivity (Wildman–Crippen MR) is 207 cm³/mol. The Hall–Kier alpha value is -4.41. The number of likely N-dealkylation sites (N-methyl/N-ethyl adjacent to an activating group) is 1. The minimum absolute atomic E-state index is 0.0756. The first-order valence-corrected chi connectivity index (χ1v) is 18.6. The van der Waals surface area contributed by atoms with Gasteiger partial charge in [0.1, 0.15) is 42.1 Å². The van der Waals surface area contributed by atoms with E-state index in [0.717, 1.165) is 48.2 Å². The maximum absolute atomic E-state index is 12.2. The number of pyridine rings is 1. The van der Waals surface area contributed by atoms with Gasteiger partial charge in [0.15, 0.2) is 0 Å². The van der Waals surface area contributed by atoms with E-state index in [4.69, 9.17) is 37.4 Å². The second-order valence-corrected chi connectivity index (χ2v) is 14.4. The molecule has 1 aliphatic heterocycles. The molecule has 1 aliphatic rings. The number of nitriles is 1. The Labute approximate surface area is 326 Å². The Kier molecular flexibility index (Phi) is 14.2. The zero-order valence-electron chi connectivity index (χ0n) is 30.7. The summed E-state index contributed by atoms with van der Waals surface area (Å²) < 4.78 is 18.6. The summed E-state index contributed by atoms with van der Waals surface area (Å²) in [6, 6.07) is 18.8. The normalized spacial score (nSPS) is 15.5. The first kappa shape index (κ1) is 40.8. The van der Waals surface area contributed by atoms with E-state index in [1.165, 1.54) is 13.1 Å². The molecule has 0 aliphatic carbocycles. The highest BCUT2D eigenvalue weighted by Gasteiger charge is 2.39. The highest BCUT2D eigenvalue weighted by molar-refractivity contribution is 6.35. The number of carbonyl (C=O) groups is 1. The van der Waals surface area contributed by atoms with Gasteiger partial charge in [0.2, 0.25) is 0 Å². The fourth-order valence-electron chi connectivity index (χ4n) is 6.48. The van der Waals surface area contributed by atoms with Crippen molar-refractivity contribution in [2.45, 2.75) is 65.0 Å². The first-order chi connectivity index (χ1) is 26.0. The van der Waals surface area contributed by atoms with Gasteiger partial charge in [0.05, 0.1) is 34.9 Å². The molecule has 0 amide bonds. The maximum Gasteiger partial charge on any atom is 0.326 e. The van der Waals surface area contributed by atoms with Crippen molar-refractivity contribution in [2.24, 2.45) is 0 Å². The Bertz CT molecular complexity index is 1970. The molecule has 3 aromatic carbocycles. The molecule has 2 heterocycles. The lowest BCUT2D eigenvalue weighted by atomic mass is 9.96. The second-order valence-electron chi connectivity index (χ2n) is 13.6. The van der Waals surface area contributed by atoms with E-state index in [9.17, 15) is 25.4 Å². The number of hydrogen-bond acceptors (Lipinski definition) is 10. The molecular formula is C41H46Cl2N4O7. The van der Waals surface area contributed by atoms with E-state index in [2.05, 4.69) is 16.0 Å². The summed E-state index contributed by atoms with van der Waals surface area (Å²) in [5.41, 5.74) is 3.73. The SMILES string of the molecule is CCN(Cc1cc(Cl)c(OCc2cccc(-c3cccc(OCCCN4CC[C@@H](O)C4)c3Cl)c2C)cc1OCc1cncc(C#N)c1)[C@](C)(CO)C(=O)O. The van der Waals surface area contributed by atoms with Gasteiger partial charge in [-0.15, -0.1) is 0 Å². The van der Waals surface area contributed by atoms with Crippen LogP contribution < -0.4 is 14.2 Å². The highest BCUT2D eigenvalue weighted by Crippen LogP contribution is 2.39. The van der Waals surface area contributed by atoms with Crippen molar-refractivity contribution in [3.8, 4) is 34.4 Å². The number of aliphatic hydroxyl groups is 2. The molecule has 0 bridgehead atoms. The first-order valence-electron chi connectivity index (χ1n) is 17.9. The minimum atomic E-state index is -1.55. The summed E-state index contributed by atoms with van der Waals surface area (Å²) in [4.78, 5) is 20.2. The molecule has 1 saturated heterocycles. The number of aliphatic carboxylic acids is 1. The van der Waals surface area contributed by atoms with E-state index in [1.54, 1.807) is 29.3 Å². The van der Waals surface area contributed by atoms with Crippen molar-refractivity contribution in [3.63, 3.8) is 0 Å². The highest BCUT2D eigenvalue weighted by atomic mass is 35.5. The van der Waals surface area contributed by atoms with Gasteiger partial charge in [-0.25, -0.2) is 0 Å². The van der Waals surface area contributed by atoms with Crippen molar-refractivity contribution in [3.05, 3.63) is 105 Å². The fraction of sp³-hybridized carbons (Fsp3) is 0.390. The van der Waals surface area contributed by atoms with Gasteiger partial charge >= 0.3 is 5.97 Å². The molecule has 0 radical (unpaired) electrons. The minimum Gasteiger partial charge on any atom is -0.492 e. The molecule has 54 heavy (non-hydrogen) atoms. The third-order valence-corrected chi connectivity index (χ3v) is 10.5. The van der Waals surface area contributed by atoms with Crippen LogP contribution in [0.3, 0.4) is 0 Å². The number of hydrogen-bond donors (Lipinski definition) is 3. The Morgan fingerprint density at radius 2 is 1.80 bits per heavy atom. The van der Waals surface area contributed by atoms with Crippen LogP contribution in [0.25, 0.3) is 11.1 Å². The molecule has 11 nitrogen and oxygen atoms in total. The lowest BCUT2D eigenvalue weighted by Gasteiger charge is -2.36. The molecule has 286 valence electrons. The lowest BCUT2D eigenvalue weighted by Crippen LogP contribution is -2.54. The van der Waals surface area contributed by atoms with Crippen LogP contribution in [0.1, 0.15) is 54.5 Å². The number of carboxylic acids is 1. The number of aliphatic hydroxyl groups excluding tert-OH is 2. The summed E-state index contributed by atoms with van der Waals surface area (Å²) in [6.45, 7) is 8.34. The lowest BCUT2D eigenvalue weighted by molar-refractivity contribution is -0.153. The van der Waals surface area contributed by atoms with Crippen molar-refractivity contribution in [2.75, 3.05) is 39.4 Å². The molecule has 13 heteroatoms. The van der Waals surface area contributed by atoms with Crippen LogP contribution >= 0.6 is 23.2 Å². The van der Waals surface area contributed by atoms with Gasteiger partial charge in [-0.05, 0) is 68.1 Å². The van der Waals surface area contributed by atoms with Gasteiger partial charge in [-0.2, -0.15) is 5.26 Å². The average molecular weight is 778 g/mol. The van der Waals surface area contributed by atoms with Crippen molar-refractivity contribution >= 4 is 29.2 Å². The number of rotatable bonds is 18. The Morgan fingerprint density at radius 3 is 2.50 bits per heavy atom. The molecule has 0 spiro atoms. The largest absolute Gasteiger partial charge is 0.492 e. The van der Waals surface area contributed by atoms with Crippen LogP contribution in [0.2, 0.25) is 10.0 Å². The number of halogens is 2. The number of likely N-dealkylation sites (tertiary alicyclic amines) is 1.